The second-order valence-corrected chi connectivity index (χ2v) is 12.8. The molecule has 4 aliphatic carbocycles. The average molecular weight is 445 g/mol. The van der Waals surface area contributed by atoms with E-state index >= 15 is 0 Å². The number of ether oxygens (including phenoxy) is 2. The number of aliphatic hydroxyl groups is 1. The van der Waals surface area contributed by atoms with Crippen LogP contribution in [0.5, 0.6) is 0 Å². The molecule has 0 saturated heterocycles. The van der Waals surface area contributed by atoms with Crippen molar-refractivity contribution in [2.45, 2.75) is 85.7 Å². The van der Waals surface area contributed by atoms with E-state index in [0.29, 0.717) is 18.4 Å². The molecule has 0 bridgehead atoms. The highest BCUT2D eigenvalue weighted by atomic mass is 16.5. The number of hydrogen-bond acceptors (Lipinski definition) is 5. The highest BCUT2D eigenvalue weighted by molar-refractivity contribution is 5.93. The van der Waals surface area contributed by atoms with Gasteiger partial charge in [-0.1, -0.05) is 34.6 Å². The Balaban J connectivity index is 1.55. The van der Waals surface area contributed by atoms with Gasteiger partial charge in [-0.25, -0.2) is 4.79 Å². The molecule has 32 heavy (non-hydrogen) atoms. The molecule has 5 nitrogen and oxygen atoms in total. The van der Waals surface area contributed by atoms with Crippen LogP contribution in [0.2, 0.25) is 0 Å². The van der Waals surface area contributed by atoms with E-state index in [2.05, 4.69) is 34.6 Å². The van der Waals surface area contributed by atoms with Crippen molar-refractivity contribution >= 4 is 11.9 Å². The molecule has 1 heterocycles. The lowest BCUT2D eigenvalue weighted by Crippen LogP contribution is -2.66. The molecule has 3 fully saturated rings. The Kier molecular flexibility index (Phi) is 4.79. The average Bonchev–Trinajstić information content (AvgIpc) is 3.11. The topological polar surface area (TPSA) is 72.8 Å². The van der Waals surface area contributed by atoms with Gasteiger partial charge in [-0.05, 0) is 84.5 Å². The first-order chi connectivity index (χ1) is 14.9. The van der Waals surface area contributed by atoms with E-state index in [4.69, 9.17) is 9.47 Å². The van der Waals surface area contributed by atoms with Crippen LogP contribution in [0.1, 0.15) is 79.6 Å². The molecule has 0 radical (unpaired) electrons. The Morgan fingerprint density at radius 1 is 1.00 bits per heavy atom. The van der Waals surface area contributed by atoms with E-state index in [1.165, 1.54) is 7.11 Å². The van der Waals surface area contributed by atoms with E-state index in [1.807, 2.05) is 0 Å². The van der Waals surface area contributed by atoms with Gasteiger partial charge in [0.25, 0.3) is 0 Å². The molecule has 0 aromatic rings. The Labute approximate surface area is 192 Å². The van der Waals surface area contributed by atoms with Gasteiger partial charge in [0.1, 0.15) is 6.61 Å². The van der Waals surface area contributed by atoms with Crippen LogP contribution < -0.4 is 0 Å². The summed E-state index contributed by atoms with van der Waals surface area (Å²) >= 11 is 0. The lowest BCUT2D eigenvalue weighted by molar-refractivity contribution is -0.227. The van der Waals surface area contributed by atoms with Crippen LogP contribution >= 0.6 is 0 Å². The molecule has 0 amide bonds. The van der Waals surface area contributed by atoms with Crippen molar-refractivity contribution in [1.82, 2.24) is 0 Å². The first kappa shape index (κ1) is 22.4. The smallest absolute Gasteiger partial charge is 0.335 e. The molecule has 0 unspecified atom stereocenters. The molecule has 178 valence electrons. The number of rotatable bonds is 1. The summed E-state index contributed by atoms with van der Waals surface area (Å²) in [6, 6.07) is 0. The highest BCUT2D eigenvalue weighted by Crippen LogP contribution is 2.73. The minimum atomic E-state index is -0.543. The van der Waals surface area contributed by atoms with Crippen molar-refractivity contribution in [2.24, 2.45) is 45.3 Å². The van der Waals surface area contributed by atoms with Crippen LogP contribution in [0.3, 0.4) is 0 Å². The van der Waals surface area contributed by atoms with Crippen LogP contribution in [0.15, 0.2) is 11.1 Å². The minimum absolute atomic E-state index is 0.0637. The maximum Gasteiger partial charge on any atom is 0.335 e. The van der Waals surface area contributed by atoms with E-state index in [-0.39, 0.29) is 40.0 Å². The molecule has 5 aliphatic rings. The first-order valence-corrected chi connectivity index (χ1v) is 12.6. The Bertz CT molecular complexity index is 888. The number of esters is 2. The fraction of sp³-hybridized carbons (Fsp3) is 0.852. The molecular weight excluding hydrogens is 404 g/mol. The third-order valence-corrected chi connectivity index (χ3v) is 11.5. The number of fused-ring (bicyclic) bond motifs is 6. The summed E-state index contributed by atoms with van der Waals surface area (Å²) in [7, 11) is 1.50. The quantitative estimate of drug-likeness (QED) is 0.595. The molecule has 5 heteroatoms. The molecule has 0 spiro atoms. The molecule has 5 rings (SSSR count). The Morgan fingerprint density at radius 3 is 2.34 bits per heavy atom. The number of carbonyl (C=O) groups is 2. The lowest BCUT2D eigenvalue weighted by atomic mass is 9.34. The van der Waals surface area contributed by atoms with Crippen molar-refractivity contribution in [1.29, 1.82) is 0 Å². The van der Waals surface area contributed by atoms with Crippen molar-refractivity contribution in [3.05, 3.63) is 11.1 Å². The van der Waals surface area contributed by atoms with Crippen molar-refractivity contribution < 1.29 is 24.2 Å². The predicted molar refractivity (Wildman–Crippen MR) is 120 cm³/mol. The van der Waals surface area contributed by atoms with Gasteiger partial charge in [-0.3, -0.25) is 4.79 Å². The van der Waals surface area contributed by atoms with Gasteiger partial charge in [0.2, 0.25) is 0 Å². The minimum Gasteiger partial charge on any atom is -0.469 e. The second-order valence-electron chi connectivity index (χ2n) is 12.8. The van der Waals surface area contributed by atoms with Gasteiger partial charge in [-0.15, -0.1) is 0 Å². The highest BCUT2D eigenvalue weighted by Gasteiger charge is 2.69. The van der Waals surface area contributed by atoms with Crippen molar-refractivity contribution in [3.8, 4) is 0 Å². The van der Waals surface area contributed by atoms with Gasteiger partial charge in [-0.2, -0.15) is 0 Å². The van der Waals surface area contributed by atoms with Crippen molar-refractivity contribution in [2.75, 3.05) is 13.7 Å². The zero-order valence-electron chi connectivity index (χ0n) is 20.6. The van der Waals surface area contributed by atoms with Gasteiger partial charge in [0.15, 0.2) is 0 Å². The van der Waals surface area contributed by atoms with E-state index in [0.717, 1.165) is 56.1 Å². The number of aliphatic hydroxyl groups excluding tert-OH is 1. The van der Waals surface area contributed by atoms with Crippen LogP contribution in [0.4, 0.5) is 0 Å². The van der Waals surface area contributed by atoms with Gasteiger partial charge in [0, 0.05) is 11.0 Å². The van der Waals surface area contributed by atoms with E-state index < -0.39 is 11.5 Å². The van der Waals surface area contributed by atoms with Crippen LogP contribution in [0.25, 0.3) is 0 Å². The predicted octanol–water partition coefficient (Wildman–Crippen LogP) is 4.67. The summed E-state index contributed by atoms with van der Waals surface area (Å²) in [5.41, 5.74) is 1.39. The van der Waals surface area contributed by atoms with Crippen molar-refractivity contribution in [3.63, 3.8) is 0 Å². The molecular formula is C27H40O5. The normalized spacial score (nSPS) is 49.3. The number of methoxy groups -OCH3 is 1. The third kappa shape index (κ3) is 2.55. The molecule has 0 aromatic heterocycles. The third-order valence-electron chi connectivity index (χ3n) is 11.5. The van der Waals surface area contributed by atoms with Gasteiger partial charge in [0.05, 0.1) is 19.1 Å². The standard InChI is InChI=1S/C27H40O5/c1-24(2)16(22(29)31-6)9-11-25(3)17(24)10-12-26(4)18-8-7-15-14-32-23(30)21(15)27(18,5)20(28)13-19(25)26/h16-20,28H,7-14H2,1-6H3/t16-,17+,18+,19-,20-,25+,26+,27-/m1/s1. The van der Waals surface area contributed by atoms with Gasteiger partial charge >= 0.3 is 11.9 Å². The lowest BCUT2D eigenvalue weighted by Gasteiger charge is -2.70. The summed E-state index contributed by atoms with van der Waals surface area (Å²) in [6.07, 6.45) is 6.12. The summed E-state index contributed by atoms with van der Waals surface area (Å²) in [5.74, 6) is 0.717. The van der Waals surface area contributed by atoms with Crippen LogP contribution in [-0.2, 0) is 19.1 Å². The van der Waals surface area contributed by atoms with Crippen LogP contribution in [0, 0.1) is 45.3 Å². The summed E-state index contributed by atoms with van der Waals surface area (Å²) in [5, 5.41) is 11.7. The van der Waals surface area contributed by atoms with Crippen LogP contribution in [-0.4, -0.2) is 36.9 Å². The number of hydrogen-bond donors (Lipinski definition) is 1. The number of carbonyl (C=O) groups excluding carboxylic acids is 2. The summed E-state index contributed by atoms with van der Waals surface area (Å²) in [4.78, 5) is 25.4. The molecule has 1 N–H and O–H groups in total. The van der Waals surface area contributed by atoms with Gasteiger partial charge < -0.3 is 14.6 Å². The zero-order valence-corrected chi connectivity index (χ0v) is 20.6. The monoisotopic (exact) mass is 444 g/mol. The molecule has 0 aromatic carbocycles. The molecule has 1 aliphatic heterocycles. The fourth-order valence-electron chi connectivity index (χ4n) is 10.0. The number of cyclic esters (lactones) is 1. The summed E-state index contributed by atoms with van der Waals surface area (Å²) in [6.45, 7) is 11.9. The van der Waals surface area contributed by atoms with E-state index in [9.17, 15) is 14.7 Å². The maximum atomic E-state index is 12.7. The zero-order chi connectivity index (χ0) is 23.3. The SMILES string of the molecule is COC(=O)[C@H]1CC[C@]2(C)[C@H]3C[C@@H](O)[C@]4(C)C5=C(CC[C@H]4[C@]3(C)CC[C@H]2C1(C)C)COC5=O. The first-order valence-electron chi connectivity index (χ1n) is 12.6. The second kappa shape index (κ2) is 6.84. The Morgan fingerprint density at radius 2 is 1.66 bits per heavy atom. The molecule has 3 saturated carbocycles. The molecule has 8 atom stereocenters. The van der Waals surface area contributed by atoms with E-state index in [1.54, 1.807) is 0 Å². The largest absolute Gasteiger partial charge is 0.469 e. The summed E-state index contributed by atoms with van der Waals surface area (Å²) < 4.78 is 10.6. The fourth-order valence-corrected chi connectivity index (χ4v) is 10.0. The Hall–Kier alpha value is -1.36. The maximum absolute atomic E-state index is 12.7.